The number of alkyl halides is 2. The molecule has 1 aliphatic rings. The minimum atomic E-state index is -2.96. The minimum absolute atomic E-state index is 0.0311. The Hall–Kier alpha value is -3.67. The third-order valence-corrected chi connectivity index (χ3v) is 7.24. The van der Waals surface area contributed by atoms with Crippen molar-refractivity contribution in [2.75, 3.05) is 32.6 Å². The maximum atomic E-state index is 14.9. The van der Waals surface area contributed by atoms with Crippen LogP contribution in [0, 0.1) is 5.82 Å². The number of hydrogen-bond acceptors (Lipinski definition) is 7. The van der Waals surface area contributed by atoms with E-state index in [1.54, 1.807) is 24.9 Å². The van der Waals surface area contributed by atoms with Gasteiger partial charge in [-0.1, -0.05) is 18.2 Å². The summed E-state index contributed by atoms with van der Waals surface area (Å²) in [7, 11) is 4.46. The van der Waals surface area contributed by atoms with Gasteiger partial charge in [0, 0.05) is 39.7 Å². The average Bonchev–Trinajstić information content (AvgIpc) is 2.90. The second-order valence-electron chi connectivity index (χ2n) is 9.34. The lowest BCUT2D eigenvalue weighted by atomic mass is 9.84. The van der Waals surface area contributed by atoms with Gasteiger partial charge in [0.2, 0.25) is 5.91 Å². The molecule has 3 heterocycles. The van der Waals surface area contributed by atoms with Gasteiger partial charge >= 0.3 is 6.01 Å². The fourth-order valence-corrected chi connectivity index (χ4v) is 4.96. The zero-order chi connectivity index (χ0) is 27.8. The van der Waals surface area contributed by atoms with Gasteiger partial charge in [0.15, 0.2) is 5.65 Å². The number of amides is 1. The SMILES string of the molecule is COc1nc(N[C@H](C)c2cccc(C(F)F)c2F)c2cc(C3(OC)CCN(C(C)=O)CC3)c(=O)n(C)c2n1. The highest BCUT2D eigenvalue weighted by atomic mass is 19.3. The first-order valence-corrected chi connectivity index (χ1v) is 12.1. The van der Waals surface area contributed by atoms with Gasteiger partial charge in [-0.2, -0.15) is 9.97 Å². The van der Waals surface area contributed by atoms with Crippen molar-refractivity contribution in [1.29, 1.82) is 0 Å². The predicted octanol–water partition coefficient (Wildman–Crippen LogP) is 4.07. The number of ether oxygens (including phenoxy) is 2. The zero-order valence-electron chi connectivity index (χ0n) is 21.8. The molecule has 3 aromatic rings. The molecule has 12 heteroatoms. The maximum Gasteiger partial charge on any atom is 0.320 e. The topological polar surface area (TPSA) is 98.6 Å². The molecule has 0 unspecified atom stereocenters. The second kappa shape index (κ2) is 10.6. The van der Waals surface area contributed by atoms with Crippen LogP contribution in [-0.4, -0.2) is 52.7 Å². The number of likely N-dealkylation sites (tertiary alicyclic amines) is 1. The maximum absolute atomic E-state index is 14.9. The van der Waals surface area contributed by atoms with Crippen LogP contribution in [0.3, 0.4) is 0 Å². The van der Waals surface area contributed by atoms with E-state index in [1.807, 2.05) is 0 Å². The number of halogens is 3. The Morgan fingerprint density at radius 3 is 2.39 bits per heavy atom. The van der Waals surface area contributed by atoms with Crippen LogP contribution in [0.1, 0.15) is 55.8 Å². The number of nitrogens with one attached hydrogen (secondary N) is 1. The van der Waals surface area contributed by atoms with E-state index in [0.717, 1.165) is 6.07 Å². The normalized spacial score (nSPS) is 16.1. The van der Waals surface area contributed by atoms with Gasteiger partial charge in [0.05, 0.1) is 29.7 Å². The molecule has 4 rings (SSSR count). The van der Waals surface area contributed by atoms with E-state index < -0.39 is 29.4 Å². The zero-order valence-corrected chi connectivity index (χ0v) is 21.8. The monoisotopic (exact) mass is 533 g/mol. The van der Waals surface area contributed by atoms with Gasteiger partial charge < -0.3 is 19.7 Å². The molecule has 0 spiro atoms. The van der Waals surface area contributed by atoms with Crippen molar-refractivity contribution in [3.05, 3.63) is 57.1 Å². The van der Waals surface area contributed by atoms with E-state index in [-0.39, 0.29) is 34.5 Å². The summed E-state index contributed by atoms with van der Waals surface area (Å²) < 4.78 is 53.9. The first-order chi connectivity index (χ1) is 18.0. The van der Waals surface area contributed by atoms with Gasteiger partial charge in [-0.25, -0.2) is 13.2 Å². The van der Waals surface area contributed by atoms with E-state index in [1.165, 1.54) is 37.8 Å². The van der Waals surface area contributed by atoms with Crippen LogP contribution in [0.2, 0.25) is 0 Å². The van der Waals surface area contributed by atoms with Crippen LogP contribution < -0.4 is 15.6 Å². The Balaban J connectivity index is 1.84. The number of rotatable bonds is 7. The van der Waals surface area contributed by atoms with Crippen molar-refractivity contribution in [1.82, 2.24) is 19.4 Å². The number of benzene rings is 1. The number of fused-ring (bicyclic) bond motifs is 1. The highest BCUT2D eigenvalue weighted by Crippen LogP contribution is 2.37. The first-order valence-electron chi connectivity index (χ1n) is 12.1. The summed E-state index contributed by atoms with van der Waals surface area (Å²) in [5.74, 6) is -0.827. The summed E-state index contributed by atoms with van der Waals surface area (Å²) in [6, 6.07) is 4.67. The number of aryl methyl sites for hydroxylation is 1. The van der Waals surface area contributed by atoms with Crippen molar-refractivity contribution in [3.8, 4) is 6.01 Å². The highest BCUT2D eigenvalue weighted by molar-refractivity contribution is 5.88. The molecule has 204 valence electrons. The molecule has 0 radical (unpaired) electrons. The Kier molecular flexibility index (Phi) is 7.63. The number of pyridine rings is 1. The molecule has 38 heavy (non-hydrogen) atoms. The van der Waals surface area contributed by atoms with Crippen LogP contribution in [0.4, 0.5) is 19.0 Å². The molecule has 1 N–H and O–H groups in total. The number of methoxy groups -OCH3 is 2. The molecule has 1 aliphatic heterocycles. The number of nitrogens with zero attached hydrogens (tertiary/aromatic N) is 4. The van der Waals surface area contributed by atoms with Crippen LogP contribution in [0.15, 0.2) is 29.1 Å². The van der Waals surface area contributed by atoms with Crippen LogP contribution >= 0.6 is 0 Å². The lowest BCUT2D eigenvalue weighted by Gasteiger charge is -2.40. The van der Waals surface area contributed by atoms with E-state index in [2.05, 4.69) is 15.3 Å². The molecular formula is C26H30F3N5O4. The molecule has 1 amide bonds. The van der Waals surface area contributed by atoms with Gasteiger partial charge in [0.25, 0.3) is 12.0 Å². The fraction of sp³-hybridized carbons (Fsp3) is 0.462. The number of carbonyl (C=O) groups is 1. The van der Waals surface area contributed by atoms with E-state index in [4.69, 9.17) is 9.47 Å². The fourth-order valence-electron chi connectivity index (χ4n) is 4.96. The van der Waals surface area contributed by atoms with Gasteiger partial charge in [-0.05, 0) is 25.8 Å². The van der Waals surface area contributed by atoms with Gasteiger partial charge in [-0.3, -0.25) is 14.2 Å². The molecule has 0 bridgehead atoms. The highest BCUT2D eigenvalue weighted by Gasteiger charge is 2.40. The summed E-state index contributed by atoms with van der Waals surface area (Å²) in [6.07, 6.45) is -2.14. The molecular weight excluding hydrogens is 503 g/mol. The van der Waals surface area contributed by atoms with E-state index in [0.29, 0.717) is 36.9 Å². The van der Waals surface area contributed by atoms with Crippen LogP contribution in [-0.2, 0) is 22.2 Å². The first kappa shape index (κ1) is 27.4. The molecule has 0 aliphatic carbocycles. The predicted molar refractivity (Wildman–Crippen MR) is 135 cm³/mol. The Morgan fingerprint density at radius 1 is 1.16 bits per heavy atom. The third-order valence-electron chi connectivity index (χ3n) is 7.24. The standard InChI is InChI=1S/C26H30F3N5O4/c1-14(16-7-6-8-17(20(16)27)21(28)29)30-22-18-13-19(24(36)33(3)23(18)32-25(31-22)37-4)26(38-5)9-11-34(12-10-26)15(2)35/h6-8,13-14,21H,9-12H2,1-5H3,(H,30,31,32)/t14-/m1/s1. The Labute approximate surface area is 217 Å². The number of hydrogen-bond donors (Lipinski definition) is 1. The lowest BCUT2D eigenvalue weighted by molar-refractivity contribution is -0.135. The third kappa shape index (κ3) is 4.80. The van der Waals surface area contributed by atoms with E-state index >= 15 is 0 Å². The molecule has 1 aromatic carbocycles. The second-order valence-corrected chi connectivity index (χ2v) is 9.34. The van der Waals surface area contributed by atoms with Crippen LogP contribution in [0.5, 0.6) is 6.01 Å². The quantitative estimate of drug-likeness (QED) is 0.489. The number of anilines is 1. The largest absolute Gasteiger partial charge is 0.467 e. The number of piperidine rings is 1. The van der Waals surface area contributed by atoms with Crippen molar-refractivity contribution >= 4 is 22.8 Å². The summed E-state index contributed by atoms with van der Waals surface area (Å²) in [4.78, 5) is 35.8. The average molecular weight is 534 g/mol. The van der Waals surface area contributed by atoms with Crippen molar-refractivity contribution in [2.24, 2.45) is 7.05 Å². The van der Waals surface area contributed by atoms with Crippen molar-refractivity contribution in [3.63, 3.8) is 0 Å². The lowest BCUT2D eigenvalue weighted by Crippen LogP contribution is -2.48. The molecule has 2 aromatic heterocycles. The minimum Gasteiger partial charge on any atom is -0.467 e. The van der Waals surface area contributed by atoms with E-state index in [9.17, 15) is 22.8 Å². The molecule has 1 atom stereocenters. The Bertz CT molecular complexity index is 1420. The van der Waals surface area contributed by atoms with Gasteiger partial charge in [-0.15, -0.1) is 0 Å². The van der Waals surface area contributed by atoms with Crippen molar-refractivity contribution in [2.45, 2.75) is 44.8 Å². The summed E-state index contributed by atoms with van der Waals surface area (Å²) in [6.45, 7) is 3.96. The molecule has 0 saturated carbocycles. The van der Waals surface area contributed by atoms with Crippen molar-refractivity contribution < 1.29 is 27.4 Å². The summed E-state index contributed by atoms with van der Waals surface area (Å²) in [5, 5.41) is 3.52. The van der Waals surface area contributed by atoms with Crippen LogP contribution in [0.25, 0.3) is 11.0 Å². The smallest absolute Gasteiger partial charge is 0.320 e. The molecule has 1 fully saturated rings. The number of carbonyl (C=O) groups excluding carboxylic acids is 1. The molecule has 9 nitrogen and oxygen atoms in total. The van der Waals surface area contributed by atoms with Gasteiger partial charge in [0.1, 0.15) is 17.2 Å². The summed E-state index contributed by atoms with van der Waals surface area (Å²) in [5.41, 5.74) is -1.31. The molecule has 1 saturated heterocycles. The summed E-state index contributed by atoms with van der Waals surface area (Å²) >= 11 is 0. The number of aromatic nitrogens is 3. The Morgan fingerprint density at radius 2 is 1.82 bits per heavy atom.